The molecule has 1 amide bonds. The van der Waals surface area contributed by atoms with Crippen LogP contribution in [0.25, 0.3) is 5.69 Å². The lowest BCUT2D eigenvalue weighted by atomic mass is 9.93. The van der Waals surface area contributed by atoms with E-state index in [1.54, 1.807) is 4.57 Å². The van der Waals surface area contributed by atoms with Crippen molar-refractivity contribution in [3.8, 4) is 5.69 Å². The molecule has 1 fully saturated rings. The lowest BCUT2D eigenvalue weighted by Crippen LogP contribution is -2.38. The number of para-hydroxylation sites is 1. The van der Waals surface area contributed by atoms with Crippen LogP contribution in [-0.4, -0.2) is 38.7 Å². The maximum absolute atomic E-state index is 12.5. The first kappa shape index (κ1) is 17.7. The van der Waals surface area contributed by atoms with Crippen LogP contribution in [0.15, 0.2) is 46.6 Å². The maximum atomic E-state index is 12.5. The first-order chi connectivity index (χ1) is 13.1. The molecule has 6 nitrogen and oxygen atoms in total. The topological polar surface area (TPSA) is 71.0 Å². The number of benzene rings is 1. The highest BCUT2D eigenvalue weighted by atomic mass is 32.1. The van der Waals surface area contributed by atoms with E-state index in [-0.39, 0.29) is 11.6 Å². The predicted octanol–water partition coefficient (Wildman–Crippen LogP) is 3.03. The van der Waals surface area contributed by atoms with Gasteiger partial charge in [0, 0.05) is 19.5 Å². The van der Waals surface area contributed by atoms with Crippen molar-refractivity contribution in [2.45, 2.75) is 26.2 Å². The van der Waals surface area contributed by atoms with Gasteiger partial charge >= 0.3 is 5.69 Å². The van der Waals surface area contributed by atoms with E-state index in [4.69, 9.17) is 0 Å². The average molecular weight is 382 g/mol. The number of amides is 1. The van der Waals surface area contributed by atoms with Gasteiger partial charge in [-0.3, -0.25) is 4.79 Å². The SMILES string of the molecule is Cc1ccccc1-n1c(CC2CCN(C(=O)c3cccs3)CC2)n[nH]c1=O. The highest BCUT2D eigenvalue weighted by Gasteiger charge is 2.26. The number of nitrogens with one attached hydrogen (secondary N) is 1. The lowest BCUT2D eigenvalue weighted by Gasteiger charge is -2.31. The Balaban J connectivity index is 1.45. The zero-order valence-corrected chi connectivity index (χ0v) is 16.0. The van der Waals surface area contributed by atoms with E-state index in [1.165, 1.54) is 11.3 Å². The molecule has 1 saturated heterocycles. The van der Waals surface area contributed by atoms with E-state index in [0.717, 1.165) is 54.3 Å². The van der Waals surface area contributed by atoms with Crippen molar-refractivity contribution in [1.29, 1.82) is 0 Å². The third kappa shape index (κ3) is 3.60. The van der Waals surface area contributed by atoms with Crippen LogP contribution in [0.5, 0.6) is 0 Å². The van der Waals surface area contributed by atoms with Crippen LogP contribution in [0.4, 0.5) is 0 Å². The molecule has 140 valence electrons. The first-order valence-corrected chi connectivity index (χ1v) is 10.1. The molecule has 1 N–H and O–H groups in total. The molecule has 0 radical (unpaired) electrons. The Kier molecular flexibility index (Phi) is 4.94. The molecule has 0 bridgehead atoms. The molecule has 2 aromatic heterocycles. The lowest BCUT2D eigenvalue weighted by molar-refractivity contribution is 0.0694. The van der Waals surface area contributed by atoms with Gasteiger partial charge < -0.3 is 4.90 Å². The van der Waals surface area contributed by atoms with Gasteiger partial charge in [0.1, 0.15) is 5.82 Å². The average Bonchev–Trinajstić information content (AvgIpc) is 3.33. The summed E-state index contributed by atoms with van der Waals surface area (Å²) in [7, 11) is 0. The Bertz CT molecular complexity index is 982. The van der Waals surface area contributed by atoms with Crippen LogP contribution in [0, 0.1) is 12.8 Å². The molecule has 4 rings (SSSR count). The van der Waals surface area contributed by atoms with Gasteiger partial charge in [-0.25, -0.2) is 14.5 Å². The van der Waals surface area contributed by atoms with E-state index in [0.29, 0.717) is 5.92 Å². The fraction of sp³-hybridized carbons (Fsp3) is 0.350. The summed E-state index contributed by atoms with van der Waals surface area (Å²) >= 11 is 1.49. The molecule has 0 spiro atoms. The van der Waals surface area contributed by atoms with Crippen molar-refractivity contribution in [2.75, 3.05) is 13.1 Å². The summed E-state index contributed by atoms with van der Waals surface area (Å²) < 4.78 is 1.68. The number of thiophene rings is 1. The third-order valence-corrected chi connectivity index (χ3v) is 6.06. The summed E-state index contributed by atoms with van der Waals surface area (Å²) in [5.74, 6) is 1.30. The number of carbonyl (C=O) groups excluding carboxylic acids is 1. The highest BCUT2D eigenvalue weighted by Crippen LogP contribution is 2.24. The summed E-state index contributed by atoms with van der Waals surface area (Å²) in [5, 5.41) is 8.79. The molecule has 1 aromatic carbocycles. The number of nitrogens with zero attached hydrogens (tertiary/aromatic N) is 3. The summed E-state index contributed by atoms with van der Waals surface area (Å²) in [4.78, 5) is 27.5. The van der Waals surface area contributed by atoms with Crippen LogP contribution in [0.3, 0.4) is 0 Å². The van der Waals surface area contributed by atoms with Crippen LogP contribution in [-0.2, 0) is 6.42 Å². The van der Waals surface area contributed by atoms with E-state index in [1.807, 2.05) is 53.6 Å². The third-order valence-electron chi connectivity index (χ3n) is 5.20. The van der Waals surface area contributed by atoms with Gasteiger partial charge in [-0.1, -0.05) is 24.3 Å². The van der Waals surface area contributed by atoms with Crippen molar-refractivity contribution < 1.29 is 4.79 Å². The number of aromatic nitrogens is 3. The predicted molar refractivity (Wildman–Crippen MR) is 106 cm³/mol. The van der Waals surface area contributed by atoms with E-state index < -0.39 is 0 Å². The summed E-state index contributed by atoms with van der Waals surface area (Å²) in [6.45, 7) is 3.49. The number of hydrogen-bond donors (Lipinski definition) is 1. The van der Waals surface area contributed by atoms with Gasteiger partial charge in [-0.2, -0.15) is 5.10 Å². The Morgan fingerprint density at radius 1 is 1.22 bits per heavy atom. The van der Waals surface area contributed by atoms with Gasteiger partial charge in [0.15, 0.2) is 0 Å². The summed E-state index contributed by atoms with van der Waals surface area (Å²) in [5.41, 5.74) is 1.71. The number of piperidine rings is 1. The summed E-state index contributed by atoms with van der Waals surface area (Å²) in [6.07, 6.45) is 2.58. The summed E-state index contributed by atoms with van der Waals surface area (Å²) in [6, 6.07) is 11.6. The number of H-pyrrole nitrogens is 1. The van der Waals surface area contributed by atoms with Gasteiger partial charge in [-0.15, -0.1) is 11.3 Å². The molecule has 0 aliphatic carbocycles. The second-order valence-electron chi connectivity index (χ2n) is 6.98. The number of likely N-dealkylation sites (tertiary alicyclic amines) is 1. The van der Waals surface area contributed by atoms with E-state index in [9.17, 15) is 9.59 Å². The molecular formula is C20H22N4O2S. The number of aryl methyl sites for hydroxylation is 1. The van der Waals surface area contributed by atoms with Gasteiger partial charge in [0.25, 0.3) is 5.91 Å². The standard InChI is InChI=1S/C20H22N4O2S/c1-14-5-2-3-6-16(14)24-18(21-22-20(24)26)13-15-8-10-23(11-9-15)19(25)17-7-4-12-27-17/h2-7,12,15H,8-11,13H2,1H3,(H,22,26). The zero-order valence-electron chi connectivity index (χ0n) is 15.2. The molecule has 1 aliphatic heterocycles. The van der Waals surface area contributed by atoms with Crippen LogP contribution in [0.2, 0.25) is 0 Å². The normalized spacial score (nSPS) is 15.2. The van der Waals surface area contributed by atoms with Crippen molar-refractivity contribution >= 4 is 17.2 Å². The van der Waals surface area contributed by atoms with Crippen LogP contribution < -0.4 is 5.69 Å². The minimum atomic E-state index is -0.204. The molecule has 1 aliphatic rings. The molecule has 7 heteroatoms. The molecule has 0 unspecified atom stereocenters. The van der Waals surface area contributed by atoms with Crippen molar-refractivity contribution in [3.05, 3.63) is 68.5 Å². The minimum Gasteiger partial charge on any atom is -0.338 e. The number of aromatic amines is 1. The highest BCUT2D eigenvalue weighted by molar-refractivity contribution is 7.12. The molecule has 27 heavy (non-hydrogen) atoms. The number of rotatable bonds is 4. The molecule has 0 atom stereocenters. The minimum absolute atomic E-state index is 0.125. The Morgan fingerprint density at radius 2 is 2.00 bits per heavy atom. The van der Waals surface area contributed by atoms with Gasteiger partial charge in [-0.05, 0) is 48.8 Å². The Labute approximate surface area is 161 Å². The van der Waals surface area contributed by atoms with Crippen LogP contribution in [0.1, 0.15) is 33.9 Å². The fourth-order valence-corrected chi connectivity index (χ4v) is 4.37. The molecular weight excluding hydrogens is 360 g/mol. The molecule has 3 heterocycles. The van der Waals surface area contributed by atoms with E-state index in [2.05, 4.69) is 10.2 Å². The maximum Gasteiger partial charge on any atom is 0.347 e. The van der Waals surface area contributed by atoms with Gasteiger partial charge in [0.05, 0.1) is 10.6 Å². The van der Waals surface area contributed by atoms with Crippen molar-refractivity contribution in [2.24, 2.45) is 5.92 Å². The second kappa shape index (κ2) is 7.52. The zero-order chi connectivity index (χ0) is 18.8. The number of carbonyl (C=O) groups is 1. The largest absolute Gasteiger partial charge is 0.347 e. The molecule has 3 aromatic rings. The number of hydrogen-bond acceptors (Lipinski definition) is 4. The fourth-order valence-electron chi connectivity index (χ4n) is 3.68. The van der Waals surface area contributed by atoms with E-state index >= 15 is 0 Å². The molecule has 0 saturated carbocycles. The first-order valence-electron chi connectivity index (χ1n) is 9.18. The van der Waals surface area contributed by atoms with Crippen molar-refractivity contribution in [1.82, 2.24) is 19.7 Å². The Hall–Kier alpha value is -2.67. The second-order valence-corrected chi connectivity index (χ2v) is 7.93. The monoisotopic (exact) mass is 382 g/mol. The quantitative estimate of drug-likeness (QED) is 0.754. The smallest absolute Gasteiger partial charge is 0.338 e. The van der Waals surface area contributed by atoms with Gasteiger partial charge in [0.2, 0.25) is 0 Å². The Morgan fingerprint density at radius 3 is 2.70 bits per heavy atom. The van der Waals surface area contributed by atoms with Crippen LogP contribution >= 0.6 is 11.3 Å². The van der Waals surface area contributed by atoms with Crippen molar-refractivity contribution in [3.63, 3.8) is 0 Å².